The monoisotopic (exact) mass is 556 g/mol. The number of hydrogen-bond acceptors (Lipinski definition) is 4. The average Bonchev–Trinajstić information content (AvgIpc) is 2.82. The summed E-state index contributed by atoms with van der Waals surface area (Å²) in [5.41, 5.74) is 2.60. The first-order chi connectivity index (χ1) is 16.8. The fraction of sp³-hybridized carbons (Fsp3) is 0.440. The molecule has 198 valence electrons. The third-order valence-corrected chi connectivity index (χ3v) is 8.25. The van der Waals surface area contributed by atoms with Crippen LogP contribution in [0.15, 0.2) is 36.4 Å². The van der Waals surface area contributed by atoms with Gasteiger partial charge in [-0.05, 0) is 62.1 Å². The van der Waals surface area contributed by atoms with Gasteiger partial charge in [-0.2, -0.15) is 12.7 Å². The van der Waals surface area contributed by atoms with Gasteiger partial charge in [0, 0.05) is 27.2 Å². The topological polar surface area (TPSA) is 90.0 Å². The SMILES string of the molecule is CCCNC(=O)[C@H](C)N(Cc1ccc(Cl)c(Cl)c1)C(=O)CN(c1cc(C)ccc1C)S(=O)(=O)N(C)C. The van der Waals surface area contributed by atoms with E-state index in [0.29, 0.717) is 33.4 Å². The molecule has 1 atom stereocenters. The second kappa shape index (κ2) is 12.8. The van der Waals surface area contributed by atoms with Crippen LogP contribution >= 0.6 is 23.2 Å². The number of nitrogens with one attached hydrogen (secondary N) is 1. The maximum absolute atomic E-state index is 13.7. The highest BCUT2D eigenvalue weighted by Gasteiger charge is 2.33. The molecule has 0 aliphatic heterocycles. The standard InChI is InChI=1S/C25H34Cl2N4O4S/c1-7-12-28-25(33)19(4)30(15-20-10-11-21(26)22(27)14-20)24(32)16-31(36(34,35)29(5)6)23-13-17(2)8-9-18(23)3/h8-11,13-14,19H,7,12,15-16H2,1-6H3,(H,28,33)/t19-/m0/s1. The van der Waals surface area contributed by atoms with E-state index in [0.717, 1.165) is 20.6 Å². The van der Waals surface area contributed by atoms with Crippen LogP contribution in [0.5, 0.6) is 0 Å². The maximum atomic E-state index is 13.7. The Kier molecular flexibility index (Phi) is 10.6. The minimum absolute atomic E-state index is 0.0408. The molecule has 11 heteroatoms. The highest BCUT2D eigenvalue weighted by atomic mass is 35.5. The molecule has 0 fully saturated rings. The lowest BCUT2D eigenvalue weighted by molar-refractivity contribution is -0.139. The Morgan fingerprint density at radius 2 is 1.69 bits per heavy atom. The summed E-state index contributed by atoms with van der Waals surface area (Å²) in [6, 6.07) is 9.50. The summed E-state index contributed by atoms with van der Waals surface area (Å²) in [5.74, 6) is -0.870. The van der Waals surface area contributed by atoms with Gasteiger partial charge < -0.3 is 10.2 Å². The van der Waals surface area contributed by atoms with E-state index in [1.165, 1.54) is 19.0 Å². The lowest BCUT2D eigenvalue weighted by Gasteiger charge is -2.33. The molecule has 0 bridgehead atoms. The Morgan fingerprint density at radius 3 is 2.28 bits per heavy atom. The highest BCUT2D eigenvalue weighted by Crippen LogP contribution is 2.27. The van der Waals surface area contributed by atoms with Gasteiger partial charge in [0.15, 0.2) is 0 Å². The van der Waals surface area contributed by atoms with Crippen molar-refractivity contribution in [1.82, 2.24) is 14.5 Å². The summed E-state index contributed by atoms with van der Waals surface area (Å²) in [6.45, 7) is 7.19. The Hall–Kier alpha value is -2.33. The largest absolute Gasteiger partial charge is 0.354 e. The van der Waals surface area contributed by atoms with Gasteiger partial charge in [-0.3, -0.25) is 9.59 Å². The summed E-state index contributed by atoms with van der Waals surface area (Å²) < 4.78 is 28.8. The molecule has 0 aromatic heterocycles. The fourth-order valence-corrected chi connectivity index (χ4v) is 4.94. The number of carbonyl (C=O) groups excluding carboxylic acids is 2. The molecule has 36 heavy (non-hydrogen) atoms. The molecule has 2 aromatic rings. The lowest BCUT2D eigenvalue weighted by Crippen LogP contribution is -2.52. The second-order valence-corrected chi connectivity index (χ2v) is 11.7. The Morgan fingerprint density at radius 1 is 1.03 bits per heavy atom. The van der Waals surface area contributed by atoms with Crippen molar-refractivity contribution >= 4 is 50.9 Å². The summed E-state index contributed by atoms with van der Waals surface area (Å²) in [6.07, 6.45) is 0.737. The van der Waals surface area contributed by atoms with Crippen LogP contribution in [-0.4, -0.2) is 62.7 Å². The van der Waals surface area contributed by atoms with Crippen LogP contribution < -0.4 is 9.62 Å². The van der Waals surface area contributed by atoms with Crippen molar-refractivity contribution in [3.05, 3.63) is 63.1 Å². The van der Waals surface area contributed by atoms with E-state index in [-0.39, 0.29) is 12.5 Å². The van der Waals surface area contributed by atoms with Crippen LogP contribution in [0.4, 0.5) is 5.69 Å². The van der Waals surface area contributed by atoms with Crippen molar-refractivity contribution in [1.29, 1.82) is 0 Å². The normalized spacial score (nSPS) is 12.4. The summed E-state index contributed by atoms with van der Waals surface area (Å²) in [5, 5.41) is 3.49. The molecule has 8 nitrogen and oxygen atoms in total. The smallest absolute Gasteiger partial charge is 0.304 e. The number of benzene rings is 2. The number of carbonyl (C=O) groups is 2. The Labute approximate surface area is 224 Å². The molecule has 1 N–H and O–H groups in total. The predicted octanol–water partition coefficient (Wildman–Crippen LogP) is 4.17. The van der Waals surface area contributed by atoms with Gasteiger partial charge in [-0.15, -0.1) is 0 Å². The van der Waals surface area contributed by atoms with E-state index in [9.17, 15) is 18.0 Å². The third-order valence-electron chi connectivity index (χ3n) is 5.71. The van der Waals surface area contributed by atoms with Crippen molar-refractivity contribution < 1.29 is 18.0 Å². The maximum Gasteiger partial charge on any atom is 0.304 e. The van der Waals surface area contributed by atoms with Gasteiger partial charge in [-0.1, -0.05) is 48.3 Å². The Bertz CT molecular complexity index is 1200. The first-order valence-corrected chi connectivity index (χ1v) is 13.7. The molecule has 0 unspecified atom stereocenters. The van der Waals surface area contributed by atoms with Gasteiger partial charge >= 0.3 is 10.2 Å². The number of anilines is 1. The molecular formula is C25H34Cl2N4O4S. The third kappa shape index (κ3) is 7.35. The summed E-state index contributed by atoms with van der Waals surface area (Å²) >= 11 is 12.2. The first kappa shape index (κ1) is 29.9. The van der Waals surface area contributed by atoms with Gasteiger partial charge in [0.05, 0.1) is 15.7 Å². The molecule has 0 aliphatic carbocycles. The summed E-state index contributed by atoms with van der Waals surface area (Å²) in [7, 11) is -1.21. The molecule has 0 saturated carbocycles. The Balaban J connectivity index is 2.51. The van der Waals surface area contributed by atoms with E-state index < -0.39 is 28.7 Å². The minimum Gasteiger partial charge on any atom is -0.354 e. The zero-order valence-corrected chi connectivity index (χ0v) is 23.8. The molecule has 0 aliphatic rings. The zero-order valence-electron chi connectivity index (χ0n) is 21.5. The van der Waals surface area contributed by atoms with Crippen LogP contribution in [0.25, 0.3) is 0 Å². The van der Waals surface area contributed by atoms with E-state index >= 15 is 0 Å². The minimum atomic E-state index is -4.03. The van der Waals surface area contributed by atoms with Crippen LogP contribution in [0.3, 0.4) is 0 Å². The van der Waals surface area contributed by atoms with Crippen molar-refractivity contribution in [3.63, 3.8) is 0 Å². The predicted molar refractivity (Wildman–Crippen MR) is 146 cm³/mol. The van der Waals surface area contributed by atoms with Crippen molar-refractivity contribution in [2.24, 2.45) is 0 Å². The molecule has 2 rings (SSSR count). The number of hydrogen-bond donors (Lipinski definition) is 1. The van der Waals surface area contributed by atoms with Crippen molar-refractivity contribution in [2.75, 3.05) is 31.5 Å². The second-order valence-electron chi connectivity index (χ2n) is 8.82. The molecule has 0 radical (unpaired) electrons. The zero-order chi connectivity index (χ0) is 27.2. The van der Waals surface area contributed by atoms with Crippen LogP contribution in [0.2, 0.25) is 10.0 Å². The quantitative estimate of drug-likeness (QED) is 0.449. The number of aryl methyl sites for hydroxylation is 2. The van der Waals surface area contributed by atoms with E-state index in [2.05, 4.69) is 5.32 Å². The fourth-order valence-electron chi connectivity index (χ4n) is 3.50. The molecular weight excluding hydrogens is 523 g/mol. The van der Waals surface area contributed by atoms with E-state index in [4.69, 9.17) is 23.2 Å². The van der Waals surface area contributed by atoms with Crippen molar-refractivity contribution in [2.45, 2.75) is 46.7 Å². The molecule has 0 spiro atoms. The number of rotatable bonds is 11. The number of halogens is 2. The van der Waals surface area contributed by atoms with Gasteiger partial charge in [0.25, 0.3) is 0 Å². The lowest BCUT2D eigenvalue weighted by atomic mass is 10.1. The average molecular weight is 558 g/mol. The number of amides is 2. The van der Waals surface area contributed by atoms with Crippen molar-refractivity contribution in [3.8, 4) is 0 Å². The highest BCUT2D eigenvalue weighted by molar-refractivity contribution is 7.90. The molecule has 2 aromatic carbocycles. The van der Waals surface area contributed by atoms with E-state index in [1.54, 1.807) is 38.1 Å². The van der Waals surface area contributed by atoms with Crippen LogP contribution in [0.1, 0.15) is 37.0 Å². The molecule has 0 heterocycles. The van der Waals surface area contributed by atoms with Crippen LogP contribution in [-0.2, 0) is 26.3 Å². The number of nitrogens with zero attached hydrogens (tertiary/aromatic N) is 3. The molecule has 0 saturated heterocycles. The van der Waals surface area contributed by atoms with Crippen LogP contribution in [0, 0.1) is 13.8 Å². The van der Waals surface area contributed by atoms with Gasteiger partial charge in [-0.25, -0.2) is 4.31 Å². The summed E-state index contributed by atoms with van der Waals surface area (Å²) in [4.78, 5) is 27.9. The van der Waals surface area contributed by atoms with E-state index in [1.807, 2.05) is 26.0 Å². The van der Waals surface area contributed by atoms with Gasteiger partial charge in [0.1, 0.15) is 12.6 Å². The van der Waals surface area contributed by atoms with Gasteiger partial charge in [0.2, 0.25) is 11.8 Å². The first-order valence-electron chi connectivity index (χ1n) is 11.6. The molecule has 2 amide bonds.